The molecule has 28 heavy (non-hydrogen) atoms. The zero-order valence-corrected chi connectivity index (χ0v) is 17.2. The molecular weight excluding hydrogens is 350 g/mol. The standard InChI is InChI=1S/C24H27NO3/c1-6-16-7-9-17(10-8-16)23(27)20-14-25(15-22(26)24(2,3)4)21-13-18(28-5)11-12-19(20)21/h7-14H,6,15H2,1-5H3. The van der Waals surface area contributed by atoms with Crippen molar-refractivity contribution < 1.29 is 14.3 Å². The fourth-order valence-corrected chi connectivity index (χ4v) is 3.15. The van der Waals surface area contributed by atoms with Crippen LogP contribution in [-0.2, 0) is 17.8 Å². The number of nitrogens with zero attached hydrogens (tertiary/aromatic N) is 1. The number of ether oxygens (including phenoxy) is 1. The Labute approximate surface area is 166 Å². The summed E-state index contributed by atoms with van der Waals surface area (Å²) in [7, 11) is 1.61. The number of carbonyl (C=O) groups excluding carboxylic acids is 2. The van der Waals surface area contributed by atoms with Crippen LogP contribution in [0.4, 0.5) is 0 Å². The molecule has 0 aliphatic heterocycles. The Kier molecular flexibility index (Phi) is 5.41. The molecule has 146 valence electrons. The Bertz CT molecular complexity index is 1020. The SMILES string of the molecule is CCc1ccc(C(=O)c2cn(CC(=O)C(C)(C)C)c3cc(OC)ccc23)cc1. The topological polar surface area (TPSA) is 48.3 Å². The Morgan fingerprint density at radius 2 is 1.71 bits per heavy atom. The van der Waals surface area contributed by atoms with Crippen molar-refractivity contribution in [2.75, 3.05) is 7.11 Å². The van der Waals surface area contributed by atoms with E-state index in [1.165, 1.54) is 5.56 Å². The second-order valence-electron chi connectivity index (χ2n) is 8.11. The summed E-state index contributed by atoms with van der Waals surface area (Å²) >= 11 is 0. The number of hydrogen-bond acceptors (Lipinski definition) is 3. The van der Waals surface area contributed by atoms with Crippen molar-refractivity contribution in [1.82, 2.24) is 4.57 Å². The first-order valence-corrected chi connectivity index (χ1v) is 9.58. The number of benzene rings is 2. The summed E-state index contributed by atoms with van der Waals surface area (Å²) in [6, 6.07) is 13.3. The molecule has 0 unspecified atom stereocenters. The number of carbonyl (C=O) groups is 2. The Hall–Kier alpha value is -2.88. The largest absolute Gasteiger partial charge is 0.497 e. The van der Waals surface area contributed by atoms with Crippen LogP contribution in [0.2, 0.25) is 0 Å². The Balaban J connectivity index is 2.09. The maximum Gasteiger partial charge on any atom is 0.195 e. The summed E-state index contributed by atoms with van der Waals surface area (Å²) in [5, 5.41) is 0.826. The van der Waals surface area contributed by atoms with Gasteiger partial charge in [-0.25, -0.2) is 0 Å². The minimum Gasteiger partial charge on any atom is -0.497 e. The Morgan fingerprint density at radius 1 is 1.04 bits per heavy atom. The molecule has 0 aliphatic rings. The number of aromatic nitrogens is 1. The highest BCUT2D eigenvalue weighted by Gasteiger charge is 2.24. The number of ketones is 2. The molecule has 3 rings (SSSR count). The molecule has 0 saturated carbocycles. The molecular formula is C24H27NO3. The van der Waals surface area contributed by atoms with E-state index >= 15 is 0 Å². The summed E-state index contributed by atoms with van der Waals surface area (Å²) in [5.41, 5.74) is 2.82. The van der Waals surface area contributed by atoms with Gasteiger partial charge in [-0.2, -0.15) is 0 Å². The maximum atomic E-state index is 13.2. The molecule has 0 atom stereocenters. The third-order valence-electron chi connectivity index (χ3n) is 5.11. The molecule has 0 aliphatic carbocycles. The van der Waals surface area contributed by atoms with E-state index < -0.39 is 5.41 Å². The van der Waals surface area contributed by atoms with Crippen LogP contribution < -0.4 is 4.74 Å². The van der Waals surface area contributed by atoms with Crippen LogP contribution in [0.1, 0.15) is 49.2 Å². The molecule has 1 aromatic heterocycles. The third kappa shape index (κ3) is 3.86. The van der Waals surface area contributed by atoms with Gasteiger partial charge in [-0.3, -0.25) is 9.59 Å². The normalized spacial score (nSPS) is 11.6. The average Bonchev–Trinajstić information content (AvgIpc) is 3.04. The molecule has 1 heterocycles. The van der Waals surface area contributed by atoms with Gasteiger partial charge in [-0.1, -0.05) is 52.0 Å². The van der Waals surface area contributed by atoms with Crippen molar-refractivity contribution in [1.29, 1.82) is 0 Å². The van der Waals surface area contributed by atoms with E-state index in [1.54, 1.807) is 13.3 Å². The number of methoxy groups -OCH3 is 1. The van der Waals surface area contributed by atoms with Gasteiger partial charge in [0.25, 0.3) is 0 Å². The number of Topliss-reactive ketones (excluding diaryl/α,β-unsaturated/α-hetero) is 1. The molecule has 0 spiro atoms. The number of hydrogen-bond donors (Lipinski definition) is 0. The lowest BCUT2D eigenvalue weighted by molar-refractivity contribution is -0.126. The van der Waals surface area contributed by atoms with Crippen molar-refractivity contribution in [3.05, 3.63) is 65.4 Å². The van der Waals surface area contributed by atoms with Crippen molar-refractivity contribution in [2.24, 2.45) is 5.41 Å². The first-order chi connectivity index (χ1) is 13.2. The number of aryl methyl sites for hydroxylation is 1. The quantitative estimate of drug-likeness (QED) is 0.564. The van der Waals surface area contributed by atoms with E-state index in [4.69, 9.17) is 4.74 Å². The van der Waals surface area contributed by atoms with Crippen LogP contribution >= 0.6 is 0 Å². The van der Waals surface area contributed by atoms with E-state index in [0.717, 1.165) is 17.3 Å². The number of fused-ring (bicyclic) bond motifs is 1. The summed E-state index contributed by atoms with van der Waals surface area (Å²) in [5.74, 6) is 0.764. The molecule has 4 nitrogen and oxygen atoms in total. The molecule has 0 radical (unpaired) electrons. The smallest absolute Gasteiger partial charge is 0.195 e. The van der Waals surface area contributed by atoms with E-state index in [9.17, 15) is 9.59 Å². The van der Waals surface area contributed by atoms with Gasteiger partial charge in [0.1, 0.15) is 5.75 Å². The lowest BCUT2D eigenvalue weighted by atomic mass is 9.91. The van der Waals surface area contributed by atoms with E-state index in [0.29, 0.717) is 16.9 Å². The third-order valence-corrected chi connectivity index (χ3v) is 5.11. The molecule has 0 fully saturated rings. The van der Waals surface area contributed by atoms with Gasteiger partial charge in [-0.15, -0.1) is 0 Å². The van der Waals surface area contributed by atoms with E-state index in [1.807, 2.05) is 67.8 Å². The van der Waals surface area contributed by atoms with Gasteiger partial charge in [0.2, 0.25) is 0 Å². The van der Waals surface area contributed by atoms with Crippen molar-refractivity contribution in [2.45, 2.75) is 40.7 Å². The Morgan fingerprint density at radius 3 is 2.29 bits per heavy atom. The van der Waals surface area contributed by atoms with Gasteiger partial charge in [0.05, 0.1) is 19.2 Å². The van der Waals surface area contributed by atoms with Gasteiger partial charge in [0, 0.05) is 34.2 Å². The van der Waals surface area contributed by atoms with Crippen LogP contribution in [-0.4, -0.2) is 23.2 Å². The van der Waals surface area contributed by atoms with Crippen molar-refractivity contribution in [3.63, 3.8) is 0 Å². The van der Waals surface area contributed by atoms with Crippen LogP contribution in [0.3, 0.4) is 0 Å². The first-order valence-electron chi connectivity index (χ1n) is 9.58. The van der Waals surface area contributed by atoms with Crippen LogP contribution in [0.25, 0.3) is 10.9 Å². The van der Waals surface area contributed by atoms with Crippen molar-refractivity contribution >= 4 is 22.5 Å². The average molecular weight is 377 g/mol. The van der Waals surface area contributed by atoms with E-state index in [2.05, 4.69) is 6.92 Å². The van der Waals surface area contributed by atoms with Gasteiger partial charge >= 0.3 is 0 Å². The summed E-state index contributed by atoms with van der Waals surface area (Å²) in [4.78, 5) is 25.8. The van der Waals surface area contributed by atoms with Gasteiger partial charge in [0.15, 0.2) is 11.6 Å². The highest BCUT2D eigenvalue weighted by molar-refractivity contribution is 6.16. The fraction of sp³-hybridized carbons (Fsp3) is 0.333. The molecule has 2 aromatic carbocycles. The minimum atomic E-state index is -0.449. The van der Waals surface area contributed by atoms with Crippen molar-refractivity contribution in [3.8, 4) is 5.75 Å². The van der Waals surface area contributed by atoms with Crippen LogP contribution in [0.5, 0.6) is 5.75 Å². The molecule has 4 heteroatoms. The zero-order valence-electron chi connectivity index (χ0n) is 17.2. The molecule has 0 amide bonds. The van der Waals surface area contributed by atoms with Crippen LogP contribution in [0, 0.1) is 5.41 Å². The highest BCUT2D eigenvalue weighted by atomic mass is 16.5. The first kappa shape index (κ1) is 19.9. The summed E-state index contributed by atoms with van der Waals surface area (Å²) in [6.45, 7) is 8.02. The lowest BCUT2D eigenvalue weighted by Gasteiger charge is -2.17. The molecule has 0 bridgehead atoms. The lowest BCUT2D eigenvalue weighted by Crippen LogP contribution is -2.24. The summed E-state index contributed by atoms with van der Waals surface area (Å²) in [6.07, 6.45) is 2.73. The predicted molar refractivity (Wildman–Crippen MR) is 112 cm³/mol. The molecule has 0 saturated heterocycles. The maximum absolute atomic E-state index is 13.2. The molecule has 0 N–H and O–H groups in total. The minimum absolute atomic E-state index is 0.0419. The number of rotatable bonds is 6. The highest BCUT2D eigenvalue weighted by Crippen LogP contribution is 2.29. The fourth-order valence-electron chi connectivity index (χ4n) is 3.15. The van der Waals surface area contributed by atoms with E-state index in [-0.39, 0.29) is 18.1 Å². The van der Waals surface area contributed by atoms with Gasteiger partial charge < -0.3 is 9.30 Å². The molecule has 3 aromatic rings. The predicted octanol–water partition coefficient (Wildman–Crippen LogP) is 5.06. The van der Waals surface area contributed by atoms with Crippen LogP contribution in [0.15, 0.2) is 48.7 Å². The second-order valence-corrected chi connectivity index (χ2v) is 8.11. The van der Waals surface area contributed by atoms with Gasteiger partial charge in [-0.05, 0) is 24.1 Å². The monoisotopic (exact) mass is 377 g/mol. The summed E-state index contributed by atoms with van der Waals surface area (Å²) < 4.78 is 7.21. The second kappa shape index (κ2) is 7.63. The zero-order chi connectivity index (χ0) is 20.5.